The lowest BCUT2D eigenvalue weighted by Crippen LogP contribution is -2.13. The van der Waals surface area contributed by atoms with Crippen LogP contribution in [0.2, 0.25) is 0 Å². The number of allylic oxidation sites excluding steroid dienone is 4. The lowest BCUT2D eigenvalue weighted by Gasteiger charge is -2.20. The standard InChI is InChI=1S/C46H33N5/c1-30-15-5-6-18-35(30)46-48-44(31-16-3-2-4-17-31)47-45(49-46)32-27-33(50-40-23-11-7-19-36(40)37-20-8-12-24-41(37)50)29-34(28-32)51-42-25-13-9-21-38(42)39-22-10-14-26-43(39)51/h2-30,35H,1H3. The van der Waals surface area contributed by atoms with Crippen LogP contribution < -0.4 is 0 Å². The van der Waals surface area contributed by atoms with E-state index in [1.54, 1.807) is 0 Å². The lowest BCUT2D eigenvalue weighted by atomic mass is 9.89. The zero-order valence-corrected chi connectivity index (χ0v) is 28.1. The fourth-order valence-electron chi connectivity index (χ4n) is 7.81. The van der Waals surface area contributed by atoms with Crippen LogP contribution in [-0.2, 0) is 0 Å². The van der Waals surface area contributed by atoms with Crippen molar-refractivity contribution in [1.82, 2.24) is 24.1 Å². The normalized spacial score (nSPS) is 15.8. The van der Waals surface area contributed by atoms with Crippen molar-refractivity contribution >= 4 is 43.6 Å². The van der Waals surface area contributed by atoms with Gasteiger partial charge in [0.25, 0.3) is 0 Å². The van der Waals surface area contributed by atoms with Crippen molar-refractivity contribution in [1.29, 1.82) is 0 Å². The monoisotopic (exact) mass is 655 g/mol. The van der Waals surface area contributed by atoms with E-state index in [0.717, 1.165) is 50.4 Å². The Hall–Kier alpha value is -6.59. The molecular formula is C46H33N5. The molecule has 9 aromatic rings. The molecule has 5 nitrogen and oxygen atoms in total. The minimum absolute atomic E-state index is 0.0385. The fourth-order valence-corrected chi connectivity index (χ4v) is 7.81. The molecule has 6 aromatic carbocycles. The van der Waals surface area contributed by atoms with Gasteiger partial charge in [0.05, 0.1) is 22.1 Å². The van der Waals surface area contributed by atoms with E-state index in [4.69, 9.17) is 15.0 Å². The highest BCUT2D eigenvalue weighted by molar-refractivity contribution is 6.10. The molecule has 0 saturated carbocycles. The molecule has 51 heavy (non-hydrogen) atoms. The Morgan fingerprint density at radius 1 is 0.431 bits per heavy atom. The van der Waals surface area contributed by atoms with E-state index in [9.17, 15) is 0 Å². The van der Waals surface area contributed by atoms with Crippen molar-refractivity contribution in [3.8, 4) is 34.2 Å². The topological polar surface area (TPSA) is 48.5 Å². The molecule has 0 aliphatic heterocycles. The predicted molar refractivity (Wildman–Crippen MR) is 210 cm³/mol. The maximum atomic E-state index is 5.27. The molecule has 2 atom stereocenters. The molecule has 1 aliphatic carbocycles. The first-order chi connectivity index (χ1) is 25.2. The van der Waals surface area contributed by atoms with Crippen molar-refractivity contribution in [2.75, 3.05) is 0 Å². The smallest absolute Gasteiger partial charge is 0.163 e. The molecule has 2 unspecified atom stereocenters. The summed E-state index contributed by atoms with van der Waals surface area (Å²) < 4.78 is 4.75. The van der Waals surface area contributed by atoms with Crippen LogP contribution in [0.1, 0.15) is 18.7 Å². The van der Waals surface area contributed by atoms with E-state index in [-0.39, 0.29) is 11.8 Å². The number of hydrogen-bond acceptors (Lipinski definition) is 3. The van der Waals surface area contributed by atoms with Crippen LogP contribution in [-0.4, -0.2) is 24.1 Å². The van der Waals surface area contributed by atoms with Crippen molar-refractivity contribution in [3.63, 3.8) is 0 Å². The zero-order valence-electron chi connectivity index (χ0n) is 28.1. The Kier molecular flexibility index (Phi) is 6.78. The van der Waals surface area contributed by atoms with Crippen molar-refractivity contribution in [2.24, 2.45) is 5.92 Å². The summed E-state index contributed by atoms with van der Waals surface area (Å²) in [6, 6.07) is 51.6. The SMILES string of the molecule is CC1C=CC=CC1c1nc(-c2ccccc2)nc(-c2cc(-n3c4ccccc4c4ccccc43)cc(-n3c4ccccc4c4ccccc43)c2)n1. The van der Waals surface area contributed by atoms with Gasteiger partial charge in [-0.2, -0.15) is 0 Å². The third kappa shape index (κ3) is 4.81. The first-order valence-electron chi connectivity index (χ1n) is 17.5. The molecule has 10 rings (SSSR count). The Labute approximate surface area is 295 Å². The van der Waals surface area contributed by atoms with Crippen LogP contribution in [0, 0.1) is 5.92 Å². The number of aromatic nitrogens is 5. The van der Waals surface area contributed by atoms with E-state index in [1.165, 1.54) is 21.5 Å². The average Bonchev–Trinajstić information content (AvgIpc) is 3.71. The van der Waals surface area contributed by atoms with Gasteiger partial charge in [-0.15, -0.1) is 0 Å². The molecule has 1 aliphatic rings. The largest absolute Gasteiger partial charge is 0.309 e. The Bertz CT molecular complexity index is 2600. The van der Waals surface area contributed by atoms with Crippen molar-refractivity contribution in [3.05, 3.63) is 176 Å². The highest BCUT2D eigenvalue weighted by Crippen LogP contribution is 2.38. The van der Waals surface area contributed by atoms with E-state index in [2.05, 4.69) is 168 Å². The fraction of sp³-hybridized carbons (Fsp3) is 0.0652. The summed E-state index contributed by atoms with van der Waals surface area (Å²) in [5.41, 5.74) is 8.58. The van der Waals surface area contributed by atoms with Gasteiger partial charge in [-0.1, -0.05) is 134 Å². The van der Waals surface area contributed by atoms with Gasteiger partial charge in [-0.05, 0) is 48.4 Å². The van der Waals surface area contributed by atoms with E-state index >= 15 is 0 Å². The van der Waals surface area contributed by atoms with Gasteiger partial charge in [-0.3, -0.25) is 0 Å². The van der Waals surface area contributed by atoms with Crippen molar-refractivity contribution in [2.45, 2.75) is 12.8 Å². The van der Waals surface area contributed by atoms with Gasteiger partial charge in [0, 0.05) is 50.0 Å². The average molecular weight is 656 g/mol. The summed E-state index contributed by atoms with van der Waals surface area (Å²) in [5.74, 6) is 2.39. The summed E-state index contributed by atoms with van der Waals surface area (Å²) in [7, 11) is 0. The molecule has 0 fully saturated rings. The summed E-state index contributed by atoms with van der Waals surface area (Å²) in [4.78, 5) is 15.6. The third-order valence-corrected chi connectivity index (χ3v) is 10.2. The van der Waals surface area contributed by atoms with Gasteiger partial charge in [-0.25, -0.2) is 15.0 Å². The second kappa shape index (κ2) is 11.8. The van der Waals surface area contributed by atoms with E-state index in [0.29, 0.717) is 11.6 Å². The Morgan fingerprint density at radius 2 is 0.863 bits per heavy atom. The number of benzene rings is 6. The van der Waals surface area contributed by atoms with Crippen LogP contribution >= 0.6 is 0 Å². The van der Waals surface area contributed by atoms with Gasteiger partial charge < -0.3 is 9.13 Å². The molecule has 3 heterocycles. The lowest BCUT2D eigenvalue weighted by molar-refractivity contribution is 0.600. The van der Waals surface area contributed by atoms with Gasteiger partial charge >= 0.3 is 0 Å². The number of rotatable bonds is 5. The highest BCUT2D eigenvalue weighted by atomic mass is 15.1. The van der Waals surface area contributed by atoms with Crippen LogP contribution in [0.25, 0.3) is 77.8 Å². The van der Waals surface area contributed by atoms with Gasteiger partial charge in [0.1, 0.15) is 5.82 Å². The molecule has 0 amide bonds. The molecule has 0 bridgehead atoms. The minimum atomic E-state index is 0.0385. The molecule has 5 heteroatoms. The molecule has 242 valence electrons. The molecule has 0 saturated heterocycles. The third-order valence-electron chi connectivity index (χ3n) is 10.2. The van der Waals surface area contributed by atoms with E-state index < -0.39 is 0 Å². The molecule has 0 spiro atoms. The first kappa shape index (κ1) is 29.3. The molecule has 3 aromatic heterocycles. The molecule has 0 N–H and O–H groups in total. The molecular weight excluding hydrogens is 623 g/mol. The Balaban J connectivity index is 1.30. The molecule has 0 radical (unpaired) electrons. The minimum Gasteiger partial charge on any atom is -0.309 e. The number of hydrogen-bond donors (Lipinski definition) is 0. The second-order valence-electron chi connectivity index (χ2n) is 13.3. The second-order valence-corrected chi connectivity index (χ2v) is 13.3. The Morgan fingerprint density at radius 3 is 1.35 bits per heavy atom. The predicted octanol–water partition coefficient (Wildman–Crippen LogP) is 11.2. The number of para-hydroxylation sites is 4. The summed E-state index contributed by atoms with van der Waals surface area (Å²) >= 11 is 0. The van der Waals surface area contributed by atoms with E-state index in [1.807, 2.05) is 18.2 Å². The van der Waals surface area contributed by atoms with Crippen molar-refractivity contribution < 1.29 is 0 Å². The number of nitrogens with zero attached hydrogens (tertiary/aromatic N) is 5. The van der Waals surface area contributed by atoms with Crippen LogP contribution in [0.3, 0.4) is 0 Å². The number of fused-ring (bicyclic) bond motifs is 6. The first-order valence-corrected chi connectivity index (χ1v) is 17.5. The van der Waals surface area contributed by atoms with Crippen LogP contribution in [0.15, 0.2) is 170 Å². The maximum absolute atomic E-state index is 5.27. The highest BCUT2D eigenvalue weighted by Gasteiger charge is 2.23. The maximum Gasteiger partial charge on any atom is 0.163 e. The summed E-state index contributed by atoms with van der Waals surface area (Å²) in [6.07, 6.45) is 8.63. The van der Waals surface area contributed by atoms with Gasteiger partial charge in [0.2, 0.25) is 0 Å². The van der Waals surface area contributed by atoms with Crippen LogP contribution in [0.4, 0.5) is 0 Å². The zero-order chi connectivity index (χ0) is 33.9. The summed E-state index contributed by atoms with van der Waals surface area (Å²) in [5, 5.41) is 4.88. The van der Waals surface area contributed by atoms with Gasteiger partial charge in [0.15, 0.2) is 11.6 Å². The van der Waals surface area contributed by atoms with Crippen LogP contribution in [0.5, 0.6) is 0 Å². The summed E-state index contributed by atoms with van der Waals surface area (Å²) in [6.45, 7) is 2.22. The quantitative estimate of drug-likeness (QED) is 0.185.